The van der Waals surface area contributed by atoms with E-state index in [1.807, 2.05) is 34.6 Å². The molecule has 3 aliphatic carbocycles. The Hall–Kier alpha value is -2.12. The molecule has 0 aromatic heterocycles. The van der Waals surface area contributed by atoms with Crippen molar-refractivity contribution in [2.45, 2.75) is 132 Å². The van der Waals surface area contributed by atoms with Crippen molar-refractivity contribution in [1.29, 1.82) is 0 Å². The highest BCUT2D eigenvalue weighted by atomic mass is 16.6. The maximum Gasteiger partial charge on any atom is 0.312 e. The summed E-state index contributed by atoms with van der Waals surface area (Å²) in [4.78, 5) is 50.2. The Bertz CT molecular complexity index is 924. The van der Waals surface area contributed by atoms with Gasteiger partial charge in [0, 0.05) is 24.7 Å². The molecule has 1 aliphatic heterocycles. The molecule has 0 aromatic carbocycles. The van der Waals surface area contributed by atoms with E-state index >= 15 is 0 Å². The number of hydrogen-bond donors (Lipinski definition) is 0. The third kappa shape index (κ3) is 6.62. The molecule has 8 nitrogen and oxygen atoms in total. The van der Waals surface area contributed by atoms with Gasteiger partial charge in [0.05, 0.1) is 17.3 Å². The van der Waals surface area contributed by atoms with Crippen molar-refractivity contribution in [3.05, 3.63) is 0 Å². The molecule has 4 aliphatic rings. The standard InChI is InChI=1S/C29H44O8.2CH4/c1-8-17(25(31)35-23-18-11-20-21(12-18)26(32)36-24(20)23)14-28(4,5)27(33)37-29(6,7)19-10-9-15(2)22(13-19)34-16(3)30;;/h15,17-24H,8-14H2,1-7H3;2*1H4. The number of esters is 4. The predicted molar refractivity (Wildman–Crippen MR) is 147 cm³/mol. The lowest BCUT2D eigenvalue weighted by Crippen LogP contribution is -2.46. The van der Waals surface area contributed by atoms with Gasteiger partial charge in [0.2, 0.25) is 0 Å². The van der Waals surface area contributed by atoms with Crippen molar-refractivity contribution in [1.82, 2.24) is 0 Å². The summed E-state index contributed by atoms with van der Waals surface area (Å²) >= 11 is 0. The molecule has 0 amide bonds. The van der Waals surface area contributed by atoms with E-state index in [1.165, 1.54) is 6.92 Å². The Morgan fingerprint density at radius 1 is 1.03 bits per heavy atom. The highest BCUT2D eigenvalue weighted by Crippen LogP contribution is 2.55. The zero-order valence-corrected chi connectivity index (χ0v) is 23.4. The largest absolute Gasteiger partial charge is 0.462 e. The molecule has 0 aromatic rings. The van der Waals surface area contributed by atoms with Crippen LogP contribution in [0.3, 0.4) is 0 Å². The zero-order chi connectivity index (χ0) is 27.3. The van der Waals surface area contributed by atoms with Crippen LogP contribution in [0, 0.1) is 40.9 Å². The van der Waals surface area contributed by atoms with E-state index in [4.69, 9.17) is 18.9 Å². The summed E-state index contributed by atoms with van der Waals surface area (Å²) in [5, 5.41) is 0. The van der Waals surface area contributed by atoms with Gasteiger partial charge in [-0.25, -0.2) is 0 Å². The van der Waals surface area contributed by atoms with E-state index in [-0.39, 0.29) is 86.6 Å². The quantitative estimate of drug-likeness (QED) is 0.258. The van der Waals surface area contributed by atoms with Crippen LogP contribution in [0.4, 0.5) is 0 Å². The minimum absolute atomic E-state index is 0. The van der Waals surface area contributed by atoms with Gasteiger partial charge in [-0.2, -0.15) is 0 Å². The molecule has 0 N–H and O–H groups in total. The summed E-state index contributed by atoms with van der Waals surface area (Å²) in [5.74, 6) is -0.911. The fourth-order valence-corrected chi connectivity index (χ4v) is 7.14. The highest BCUT2D eigenvalue weighted by Gasteiger charge is 2.63. The molecule has 2 bridgehead atoms. The van der Waals surface area contributed by atoms with Crippen LogP contribution >= 0.6 is 0 Å². The molecule has 3 saturated carbocycles. The first-order valence-electron chi connectivity index (χ1n) is 14.0. The van der Waals surface area contributed by atoms with Crippen molar-refractivity contribution in [3.63, 3.8) is 0 Å². The molecule has 224 valence electrons. The van der Waals surface area contributed by atoms with Gasteiger partial charge in [-0.05, 0) is 78.6 Å². The molecule has 4 fully saturated rings. The fourth-order valence-electron chi connectivity index (χ4n) is 7.14. The Morgan fingerprint density at radius 3 is 2.31 bits per heavy atom. The molecule has 4 rings (SSSR count). The van der Waals surface area contributed by atoms with Gasteiger partial charge >= 0.3 is 23.9 Å². The number of fused-ring (bicyclic) bond motifs is 1. The molecule has 9 unspecified atom stereocenters. The summed E-state index contributed by atoms with van der Waals surface area (Å²) in [5.41, 5.74) is -1.63. The average Bonchev–Trinajstić information content (AvgIpc) is 3.43. The third-order valence-electron chi connectivity index (χ3n) is 9.58. The lowest BCUT2D eigenvalue weighted by atomic mass is 9.73. The van der Waals surface area contributed by atoms with Crippen LogP contribution in [0.1, 0.15) is 108 Å². The van der Waals surface area contributed by atoms with Crippen LogP contribution in [0.2, 0.25) is 0 Å². The molecule has 0 radical (unpaired) electrons. The van der Waals surface area contributed by atoms with Gasteiger partial charge in [0.15, 0.2) is 0 Å². The van der Waals surface area contributed by atoms with Gasteiger partial charge in [-0.1, -0.05) is 28.7 Å². The molecule has 0 spiro atoms. The first kappa shape index (κ1) is 33.1. The second kappa shape index (κ2) is 12.2. The van der Waals surface area contributed by atoms with Gasteiger partial charge in [-0.3, -0.25) is 19.2 Å². The molecule has 1 saturated heterocycles. The minimum atomic E-state index is -0.895. The second-order valence-corrected chi connectivity index (χ2v) is 13.1. The van der Waals surface area contributed by atoms with E-state index in [0.29, 0.717) is 19.3 Å². The maximum atomic E-state index is 13.4. The zero-order valence-electron chi connectivity index (χ0n) is 23.4. The lowest BCUT2D eigenvalue weighted by molar-refractivity contribution is -0.181. The van der Waals surface area contributed by atoms with Crippen LogP contribution in [-0.2, 0) is 38.1 Å². The summed E-state index contributed by atoms with van der Waals surface area (Å²) in [6.07, 6.45) is 4.04. The summed E-state index contributed by atoms with van der Waals surface area (Å²) in [7, 11) is 0. The lowest BCUT2D eigenvalue weighted by Gasteiger charge is -2.42. The van der Waals surface area contributed by atoms with E-state index in [9.17, 15) is 19.2 Å². The molecule has 39 heavy (non-hydrogen) atoms. The average molecular weight is 553 g/mol. The van der Waals surface area contributed by atoms with Gasteiger partial charge in [0.25, 0.3) is 0 Å². The normalized spacial score (nSPS) is 33.8. The van der Waals surface area contributed by atoms with E-state index in [1.54, 1.807) is 0 Å². The molecular weight excluding hydrogens is 500 g/mol. The first-order chi connectivity index (χ1) is 17.2. The Morgan fingerprint density at radius 2 is 1.69 bits per heavy atom. The number of ether oxygens (including phenoxy) is 4. The van der Waals surface area contributed by atoms with Crippen molar-refractivity contribution in [2.75, 3.05) is 0 Å². The predicted octanol–water partition coefficient (Wildman–Crippen LogP) is 5.88. The summed E-state index contributed by atoms with van der Waals surface area (Å²) in [6.45, 7) is 12.9. The smallest absolute Gasteiger partial charge is 0.312 e. The van der Waals surface area contributed by atoms with Gasteiger partial charge in [0.1, 0.15) is 23.9 Å². The fraction of sp³-hybridized carbons (Fsp3) is 0.871. The second-order valence-electron chi connectivity index (χ2n) is 13.1. The van der Waals surface area contributed by atoms with Crippen LogP contribution in [-0.4, -0.2) is 47.8 Å². The van der Waals surface area contributed by atoms with E-state index in [0.717, 1.165) is 25.7 Å². The molecular formula is C31H52O8. The van der Waals surface area contributed by atoms with Crippen molar-refractivity contribution in [2.24, 2.45) is 40.9 Å². The molecule has 9 atom stereocenters. The molecule has 1 heterocycles. The summed E-state index contributed by atoms with van der Waals surface area (Å²) < 4.78 is 23.1. The monoisotopic (exact) mass is 552 g/mol. The van der Waals surface area contributed by atoms with Crippen molar-refractivity contribution < 1.29 is 38.1 Å². The first-order valence-corrected chi connectivity index (χ1v) is 14.0. The number of carbonyl (C=O) groups is 4. The third-order valence-corrected chi connectivity index (χ3v) is 9.58. The highest BCUT2D eigenvalue weighted by molar-refractivity contribution is 5.79. The van der Waals surface area contributed by atoms with E-state index in [2.05, 4.69) is 6.92 Å². The number of rotatable bonds is 9. The minimum Gasteiger partial charge on any atom is -0.462 e. The Kier molecular flexibility index (Phi) is 10.3. The van der Waals surface area contributed by atoms with Gasteiger partial charge in [-0.15, -0.1) is 0 Å². The van der Waals surface area contributed by atoms with Crippen molar-refractivity contribution >= 4 is 23.9 Å². The number of carbonyl (C=O) groups excluding carboxylic acids is 4. The van der Waals surface area contributed by atoms with E-state index < -0.39 is 16.9 Å². The van der Waals surface area contributed by atoms with Crippen LogP contribution in [0.15, 0.2) is 0 Å². The van der Waals surface area contributed by atoms with Crippen LogP contribution < -0.4 is 0 Å². The Labute approximate surface area is 235 Å². The van der Waals surface area contributed by atoms with Crippen molar-refractivity contribution in [3.8, 4) is 0 Å². The SMILES string of the molecule is C.C.CCC(CC(C)(C)C(=O)OC(C)(C)C1CCC(C)C(OC(C)=O)C1)C(=O)OC1C2CC3C(=O)OC1C3C2. The maximum absolute atomic E-state index is 13.4. The van der Waals surface area contributed by atoms with Crippen LogP contribution in [0.25, 0.3) is 0 Å². The van der Waals surface area contributed by atoms with Gasteiger partial charge < -0.3 is 18.9 Å². The topological polar surface area (TPSA) is 105 Å². The number of hydrogen-bond acceptors (Lipinski definition) is 8. The van der Waals surface area contributed by atoms with Crippen LogP contribution in [0.5, 0.6) is 0 Å². The molecule has 8 heteroatoms. The summed E-state index contributed by atoms with van der Waals surface area (Å²) in [6, 6.07) is 0. The Balaban J connectivity index is 0.00000267.